The lowest BCUT2D eigenvalue weighted by Gasteiger charge is -2.19. The van der Waals surface area contributed by atoms with Crippen LogP contribution in [-0.2, 0) is 5.41 Å². The third-order valence-corrected chi connectivity index (χ3v) is 8.73. The second kappa shape index (κ2) is 11.5. The highest BCUT2D eigenvalue weighted by Gasteiger charge is 2.21. The van der Waals surface area contributed by atoms with Crippen molar-refractivity contribution < 1.29 is 0 Å². The largest absolute Gasteiger partial charge is 0.309 e. The van der Waals surface area contributed by atoms with Crippen LogP contribution in [0.3, 0.4) is 0 Å². The molecule has 3 aromatic heterocycles. The molecule has 8 rings (SSSR count). The molecule has 8 aromatic rings. The minimum atomic E-state index is 0.0329. The minimum absolute atomic E-state index is 0.0329. The summed E-state index contributed by atoms with van der Waals surface area (Å²) in [6, 6.07) is 46.4. The molecule has 0 fully saturated rings. The number of hydrogen-bond acceptors (Lipinski definition) is 4. The van der Waals surface area contributed by atoms with Gasteiger partial charge in [-0.3, -0.25) is 4.98 Å². The summed E-state index contributed by atoms with van der Waals surface area (Å²) in [4.78, 5) is 19.3. The zero-order valence-corrected chi connectivity index (χ0v) is 26.6. The number of pyridine rings is 1. The van der Waals surface area contributed by atoms with Crippen molar-refractivity contribution in [2.75, 3.05) is 0 Å². The fourth-order valence-electron chi connectivity index (χ4n) is 6.27. The van der Waals surface area contributed by atoms with Gasteiger partial charge in [-0.1, -0.05) is 118 Å². The van der Waals surface area contributed by atoms with Crippen LogP contribution in [0, 0.1) is 0 Å². The lowest BCUT2D eigenvalue weighted by molar-refractivity contribution is 0.591. The summed E-state index contributed by atoms with van der Waals surface area (Å²) in [7, 11) is 0. The molecule has 0 aliphatic carbocycles. The summed E-state index contributed by atoms with van der Waals surface area (Å²) in [6.07, 6.45) is 3.69. The molecule has 5 aromatic carbocycles. The van der Waals surface area contributed by atoms with Gasteiger partial charge in [0.2, 0.25) is 0 Å². The molecule has 0 radical (unpaired) electrons. The molecule has 0 atom stereocenters. The fourth-order valence-corrected chi connectivity index (χ4v) is 6.27. The highest BCUT2D eigenvalue weighted by Crippen LogP contribution is 2.39. The van der Waals surface area contributed by atoms with Gasteiger partial charge >= 0.3 is 0 Å². The van der Waals surface area contributed by atoms with Crippen LogP contribution in [-0.4, -0.2) is 24.5 Å². The molecular weight excluding hydrogens is 574 g/mol. The standard InChI is InChI=1S/C42H33N5/c1-42(2,3)32-19-21-37-35(27-32)34-16-10-11-17-36(34)47(37)38-26-31(18-20-33(38)28-22-24-43-25-23-28)41-45-39(29-12-6-4-7-13-29)44-40(46-41)30-14-8-5-9-15-30/h4-27H,1-3H3. The van der Waals surface area contributed by atoms with E-state index >= 15 is 0 Å². The first-order valence-corrected chi connectivity index (χ1v) is 15.9. The SMILES string of the molecule is CC(C)(C)c1ccc2c(c1)c1ccccc1n2-c1cc(-c2nc(-c3ccccc3)nc(-c3ccccc3)n2)ccc1-c1ccncc1. The highest BCUT2D eigenvalue weighted by molar-refractivity contribution is 6.10. The Morgan fingerprint density at radius 1 is 0.468 bits per heavy atom. The predicted octanol–water partition coefficient (Wildman–Crippen LogP) is 10.3. The molecule has 226 valence electrons. The van der Waals surface area contributed by atoms with Gasteiger partial charge in [-0.15, -0.1) is 0 Å². The van der Waals surface area contributed by atoms with Crippen LogP contribution < -0.4 is 0 Å². The second-order valence-electron chi connectivity index (χ2n) is 12.8. The first-order valence-electron chi connectivity index (χ1n) is 15.9. The van der Waals surface area contributed by atoms with Gasteiger partial charge in [0.1, 0.15) is 0 Å². The van der Waals surface area contributed by atoms with Gasteiger partial charge in [-0.25, -0.2) is 15.0 Å². The molecule has 0 aliphatic rings. The van der Waals surface area contributed by atoms with Crippen molar-refractivity contribution >= 4 is 21.8 Å². The number of benzene rings is 5. The highest BCUT2D eigenvalue weighted by atomic mass is 15.0. The molecule has 3 heterocycles. The van der Waals surface area contributed by atoms with E-state index in [1.807, 2.05) is 73.1 Å². The zero-order chi connectivity index (χ0) is 32.0. The second-order valence-corrected chi connectivity index (χ2v) is 12.8. The third kappa shape index (κ3) is 5.26. The zero-order valence-electron chi connectivity index (χ0n) is 26.6. The summed E-state index contributed by atoms with van der Waals surface area (Å²) in [5, 5.41) is 2.45. The predicted molar refractivity (Wildman–Crippen MR) is 192 cm³/mol. The van der Waals surface area contributed by atoms with Gasteiger partial charge in [-0.2, -0.15) is 0 Å². The van der Waals surface area contributed by atoms with Gasteiger partial charge in [0.25, 0.3) is 0 Å². The Labute approximate surface area is 274 Å². The van der Waals surface area contributed by atoms with Crippen LogP contribution in [0.15, 0.2) is 146 Å². The van der Waals surface area contributed by atoms with Crippen molar-refractivity contribution in [3.63, 3.8) is 0 Å². The number of rotatable bonds is 5. The molecule has 5 heteroatoms. The van der Waals surface area contributed by atoms with E-state index < -0.39 is 0 Å². The molecule has 0 saturated heterocycles. The van der Waals surface area contributed by atoms with Crippen LogP contribution in [0.5, 0.6) is 0 Å². The van der Waals surface area contributed by atoms with Gasteiger partial charge in [-0.05, 0) is 52.9 Å². The maximum Gasteiger partial charge on any atom is 0.164 e. The molecule has 0 bridgehead atoms. The lowest BCUT2D eigenvalue weighted by Crippen LogP contribution is -2.10. The molecule has 47 heavy (non-hydrogen) atoms. The maximum atomic E-state index is 5.05. The lowest BCUT2D eigenvalue weighted by atomic mass is 9.86. The van der Waals surface area contributed by atoms with Crippen molar-refractivity contribution in [3.05, 3.63) is 151 Å². The van der Waals surface area contributed by atoms with Crippen molar-refractivity contribution in [1.82, 2.24) is 24.5 Å². The summed E-state index contributed by atoms with van der Waals surface area (Å²) in [5.74, 6) is 1.90. The van der Waals surface area contributed by atoms with E-state index in [2.05, 4.69) is 103 Å². The number of fused-ring (bicyclic) bond motifs is 3. The molecule has 0 N–H and O–H groups in total. The summed E-state index contributed by atoms with van der Waals surface area (Å²) in [5.41, 5.74) is 9.66. The first kappa shape index (κ1) is 28.5. The van der Waals surface area contributed by atoms with E-state index in [1.54, 1.807) is 0 Å². The van der Waals surface area contributed by atoms with Gasteiger partial charge in [0, 0.05) is 45.4 Å². The average molecular weight is 608 g/mol. The maximum absolute atomic E-state index is 5.05. The molecule has 0 unspecified atom stereocenters. The molecule has 5 nitrogen and oxygen atoms in total. The van der Waals surface area contributed by atoms with Crippen LogP contribution >= 0.6 is 0 Å². The normalized spacial score (nSPS) is 11.7. The van der Waals surface area contributed by atoms with Gasteiger partial charge in [0.05, 0.1) is 16.7 Å². The Balaban J connectivity index is 1.41. The Kier molecular flexibility index (Phi) is 6.95. The smallest absolute Gasteiger partial charge is 0.164 e. The molecule has 0 saturated carbocycles. The topological polar surface area (TPSA) is 56.5 Å². The van der Waals surface area contributed by atoms with Crippen LogP contribution in [0.4, 0.5) is 0 Å². The van der Waals surface area contributed by atoms with E-state index in [-0.39, 0.29) is 5.41 Å². The molecule has 0 amide bonds. The van der Waals surface area contributed by atoms with E-state index in [9.17, 15) is 0 Å². The summed E-state index contributed by atoms with van der Waals surface area (Å²) >= 11 is 0. The van der Waals surface area contributed by atoms with Crippen LogP contribution in [0.2, 0.25) is 0 Å². The number of aromatic nitrogens is 5. The molecule has 0 spiro atoms. The van der Waals surface area contributed by atoms with Crippen molar-refractivity contribution in [2.45, 2.75) is 26.2 Å². The number of nitrogens with zero attached hydrogens (tertiary/aromatic N) is 5. The minimum Gasteiger partial charge on any atom is -0.309 e. The molecular formula is C42H33N5. The Bertz CT molecular complexity index is 2310. The third-order valence-electron chi connectivity index (χ3n) is 8.73. The monoisotopic (exact) mass is 607 g/mol. The molecule has 0 aliphatic heterocycles. The van der Waals surface area contributed by atoms with Crippen molar-refractivity contribution in [1.29, 1.82) is 0 Å². The summed E-state index contributed by atoms with van der Waals surface area (Å²) in [6.45, 7) is 6.79. The quantitative estimate of drug-likeness (QED) is 0.195. The average Bonchev–Trinajstić information content (AvgIpc) is 3.45. The van der Waals surface area contributed by atoms with E-state index in [4.69, 9.17) is 15.0 Å². The van der Waals surface area contributed by atoms with Crippen LogP contribution in [0.1, 0.15) is 26.3 Å². The van der Waals surface area contributed by atoms with Crippen LogP contribution in [0.25, 0.3) is 72.8 Å². The first-order chi connectivity index (χ1) is 22.9. The number of para-hydroxylation sites is 1. The van der Waals surface area contributed by atoms with E-state index in [1.165, 1.54) is 16.3 Å². The fraction of sp³-hybridized carbons (Fsp3) is 0.0952. The van der Waals surface area contributed by atoms with Crippen molar-refractivity contribution in [2.24, 2.45) is 0 Å². The van der Waals surface area contributed by atoms with Crippen molar-refractivity contribution in [3.8, 4) is 51.0 Å². The Morgan fingerprint density at radius 3 is 1.68 bits per heavy atom. The van der Waals surface area contributed by atoms with E-state index in [0.717, 1.165) is 44.5 Å². The Hall–Kier alpha value is -5.94. The van der Waals surface area contributed by atoms with Gasteiger partial charge < -0.3 is 4.57 Å². The summed E-state index contributed by atoms with van der Waals surface area (Å²) < 4.78 is 2.38. The Morgan fingerprint density at radius 2 is 1.04 bits per heavy atom. The van der Waals surface area contributed by atoms with Gasteiger partial charge in [0.15, 0.2) is 17.5 Å². The van der Waals surface area contributed by atoms with E-state index in [0.29, 0.717) is 17.5 Å². The number of hydrogen-bond donors (Lipinski definition) is 0.